The molecule has 4 rings (SSSR count). The van der Waals surface area contributed by atoms with Gasteiger partial charge < -0.3 is 10.2 Å². The molecule has 1 aliphatic rings. The number of aromatic amines is 1. The first-order valence-electron chi connectivity index (χ1n) is 8.58. The largest absolute Gasteiger partial charge is 0.405 e. The van der Waals surface area contributed by atoms with Gasteiger partial charge in [-0.2, -0.15) is 18.3 Å². The van der Waals surface area contributed by atoms with Gasteiger partial charge in [0.25, 0.3) is 0 Å². The van der Waals surface area contributed by atoms with E-state index in [0.717, 1.165) is 22.0 Å². The molecule has 0 aromatic carbocycles. The van der Waals surface area contributed by atoms with Crippen molar-refractivity contribution in [3.8, 4) is 0 Å². The minimum Gasteiger partial charge on any atom is -0.356 e. The van der Waals surface area contributed by atoms with E-state index >= 15 is 0 Å². The van der Waals surface area contributed by atoms with Crippen molar-refractivity contribution in [1.82, 2.24) is 25.5 Å². The molecule has 0 spiro atoms. The maximum Gasteiger partial charge on any atom is 0.405 e. The van der Waals surface area contributed by atoms with Crippen molar-refractivity contribution in [3.63, 3.8) is 0 Å². The van der Waals surface area contributed by atoms with Crippen LogP contribution in [0.1, 0.15) is 12.8 Å². The number of anilines is 1. The summed E-state index contributed by atoms with van der Waals surface area (Å²) in [5, 5.41) is 11.7. The van der Waals surface area contributed by atoms with Crippen LogP contribution in [-0.4, -0.2) is 51.9 Å². The highest BCUT2D eigenvalue weighted by molar-refractivity contribution is 6.10. The fraction of sp³-hybridized carbons (Fsp3) is 0.412. The summed E-state index contributed by atoms with van der Waals surface area (Å²) in [6.07, 6.45) is 1.85. The molecule has 1 unspecified atom stereocenters. The first-order chi connectivity index (χ1) is 12.9. The Balaban J connectivity index is 1.62. The minimum absolute atomic E-state index is 0.318. The van der Waals surface area contributed by atoms with Crippen LogP contribution in [0.25, 0.3) is 21.8 Å². The van der Waals surface area contributed by atoms with Crippen molar-refractivity contribution in [2.45, 2.75) is 19.0 Å². The van der Waals surface area contributed by atoms with Gasteiger partial charge in [-0.15, -0.1) is 0 Å². The van der Waals surface area contributed by atoms with E-state index in [-0.39, 0.29) is 0 Å². The molecule has 1 saturated heterocycles. The average Bonchev–Trinajstić information content (AvgIpc) is 3.14. The third-order valence-electron chi connectivity index (χ3n) is 4.75. The number of nitrogens with zero attached hydrogens (tertiary/aromatic N) is 4. The molecule has 7 nitrogen and oxygen atoms in total. The van der Waals surface area contributed by atoms with E-state index in [2.05, 4.69) is 20.2 Å². The Kier molecular flexibility index (Phi) is 4.33. The number of nitrogens with one attached hydrogen (secondary N) is 2. The smallest absolute Gasteiger partial charge is 0.356 e. The summed E-state index contributed by atoms with van der Waals surface area (Å²) in [6.45, 7) is -0.313. The van der Waals surface area contributed by atoms with Crippen LogP contribution in [0.4, 0.5) is 19.0 Å². The van der Waals surface area contributed by atoms with Crippen LogP contribution in [0.5, 0.6) is 0 Å². The molecule has 3 aromatic heterocycles. The second-order valence-electron chi connectivity index (χ2n) is 6.61. The van der Waals surface area contributed by atoms with Gasteiger partial charge in [-0.3, -0.25) is 9.89 Å². The van der Waals surface area contributed by atoms with E-state index in [9.17, 15) is 18.0 Å². The fourth-order valence-electron chi connectivity index (χ4n) is 3.51. The number of carbonyl (C=O) groups is 1. The monoisotopic (exact) mass is 378 g/mol. The molecular formula is C17H17F3N6O. The van der Waals surface area contributed by atoms with Crippen LogP contribution < -0.4 is 10.2 Å². The topological polar surface area (TPSA) is 86.8 Å². The molecule has 1 amide bonds. The number of piperidine rings is 1. The molecule has 1 fully saturated rings. The van der Waals surface area contributed by atoms with Gasteiger partial charge in [0, 0.05) is 41.6 Å². The molecule has 0 bridgehead atoms. The number of fused-ring (bicyclic) bond motifs is 3. The number of alkyl halides is 3. The zero-order chi connectivity index (χ0) is 19.0. The van der Waals surface area contributed by atoms with Gasteiger partial charge in [0.1, 0.15) is 12.4 Å². The Labute approximate surface area is 152 Å². The van der Waals surface area contributed by atoms with Gasteiger partial charge in [0.15, 0.2) is 5.65 Å². The molecule has 0 radical (unpaired) electrons. The van der Waals surface area contributed by atoms with Crippen LogP contribution in [0.2, 0.25) is 0 Å². The molecule has 1 atom stereocenters. The molecule has 0 saturated carbocycles. The fourth-order valence-corrected chi connectivity index (χ4v) is 3.51. The summed E-state index contributed by atoms with van der Waals surface area (Å²) in [7, 11) is 0. The summed E-state index contributed by atoms with van der Waals surface area (Å²) in [5.74, 6) is -0.367. The van der Waals surface area contributed by atoms with Crippen molar-refractivity contribution >= 4 is 33.5 Å². The summed E-state index contributed by atoms with van der Waals surface area (Å²) < 4.78 is 37.1. The second-order valence-corrected chi connectivity index (χ2v) is 6.61. The van der Waals surface area contributed by atoms with E-state index in [4.69, 9.17) is 0 Å². The van der Waals surface area contributed by atoms with Gasteiger partial charge in [-0.1, -0.05) is 0 Å². The maximum atomic E-state index is 12.4. The highest BCUT2D eigenvalue weighted by Gasteiger charge is 2.32. The summed E-state index contributed by atoms with van der Waals surface area (Å²) in [6, 6.07) is 1.86. The maximum absolute atomic E-state index is 12.4. The molecule has 4 heterocycles. The Bertz CT molecular complexity index is 986. The van der Waals surface area contributed by atoms with Crippen LogP contribution in [0.15, 0.2) is 24.7 Å². The van der Waals surface area contributed by atoms with E-state index in [0.29, 0.717) is 31.6 Å². The van der Waals surface area contributed by atoms with Crippen molar-refractivity contribution in [2.75, 3.05) is 24.5 Å². The van der Waals surface area contributed by atoms with Gasteiger partial charge in [-0.25, -0.2) is 9.97 Å². The third-order valence-corrected chi connectivity index (χ3v) is 4.75. The van der Waals surface area contributed by atoms with Crippen molar-refractivity contribution in [3.05, 3.63) is 24.7 Å². The highest BCUT2D eigenvalue weighted by atomic mass is 19.4. The Morgan fingerprint density at radius 2 is 2.19 bits per heavy atom. The van der Waals surface area contributed by atoms with Crippen LogP contribution in [0, 0.1) is 5.92 Å². The molecule has 27 heavy (non-hydrogen) atoms. The summed E-state index contributed by atoms with van der Waals surface area (Å²) >= 11 is 0. The lowest BCUT2D eigenvalue weighted by atomic mass is 9.96. The second kappa shape index (κ2) is 6.67. The quantitative estimate of drug-likeness (QED) is 0.731. The number of pyridine rings is 1. The van der Waals surface area contributed by atoms with Gasteiger partial charge in [0.2, 0.25) is 5.91 Å². The zero-order valence-electron chi connectivity index (χ0n) is 14.3. The Morgan fingerprint density at radius 1 is 1.33 bits per heavy atom. The van der Waals surface area contributed by atoms with E-state index < -0.39 is 24.5 Å². The third kappa shape index (κ3) is 3.51. The van der Waals surface area contributed by atoms with Crippen LogP contribution >= 0.6 is 0 Å². The molecule has 2 N–H and O–H groups in total. The lowest BCUT2D eigenvalue weighted by Crippen LogP contribution is -2.45. The number of hydrogen-bond acceptors (Lipinski definition) is 5. The Morgan fingerprint density at radius 3 is 3.00 bits per heavy atom. The summed E-state index contributed by atoms with van der Waals surface area (Å²) in [5.41, 5.74) is 0.611. The van der Waals surface area contributed by atoms with Crippen molar-refractivity contribution in [2.24, 2.45) is 5.92 Å². The molecule has 1 aliphatic heterocycles. The van der Waals surface area contributed by atoms with E-state index in [1.807, 2.05) is 16.3 Å². The Hall–Kier alpha value is -2.91. The molecular weight excluding hydrogens is 361 g/mol. The number of halogens is 3. The van der Waals surface area contributed by atoms with E-state index in [1.165, 1.54) is 0 Å². The SMILES string of the molecule is O=C(NCC(F)(F)F)C1CCCN(c2[nH]ncc3cnc4nccc4c23)C1. The van der Waals surface area contributed by atoms with Crippen molar-refractivity contribution < 1.29 is 18.0 Å². The number of rotatable bonds is 3. The first-order valence-corrected chi connectivity index (χ1v) is 8.58. The van der Waals surface area contributed by atoms with Crippen molar-refractivity contribution in [1.29, 1.82) is 0 Å². The molecule has 0 aliphatic carbocycles. The number of carbonyl (C=O) groups excluding carboxylic acids is 1. The average molecular weight is 378 g/mol. The van der Waals surface area contributed by atoms with Gasteiger partial charge >= 0.3 is 6.18 Å². The predicted octanol–water partition coefficient (Wildman–Crippen LogP) is 2.40. The van der Waals surface area contributed by atoms with E-state index in [1.54, 1.807) is 18.6 Å². The molecule has 3 aromatic rings. The summed E-state index contributed by atoms with van der Waals surface area (Å²) in [4.78, 5) is 22.6. The molecule has 142 valence electrons. The first kappa shape index (κ1) is 17.5. The lowest BCUT2D eigenvalue weighted by molar-refractivity contribution is -0.140. The molecule has 10 heteroatoms. The zero-order valence-corrected chi connectivity index (χ0v) is 14.3. The lowest BCUT2D eigenvalue weighted by Gasteiger charge is -2.33. The normalized spacial score (nSPS) is 18.2. The van der Waals surface area contributed by atoms with Gasteiger partial charge in [0.05, 0.1) is 12.1 Å². The standard InChI is InChI=1S/C17H17F3N6O/c18-17(19,20)9-23-16(27)10-2-1-5-26(8-10)15-13-11(7-24-25-15)6-22-14-12(13)3-4-21-14/h3-4,6-7,10,25H,1-2,5,8-9H2,(H,23,27). The number of hydrogen-bond donors (Lipinski definition) is 2. The van der Waals surface area contributed by atoms with Gasteiger partial charge in [-0.05, 0) is 18.9 Å². The van der Waals surface area contributed by atoms with Crippen LogP contribution in [-0.2, 0) is 4.79 Å². The predicted molar refractivity (Wildman–Crippen MR) is 93.2 cm³/mol. The number of H-pyrrole nitrogens is 1. The van der Waals surface area contributed by atoms with Crippen LogP contribution in [0.3, 0.4) is 0 Å². The number of amides is 1. The minimum atomic E-state index is -4.42. The number of aromatic nitrogens is 4. The highest BCUT2D eigenvalue weighted by Crippen LogP contribution is 2.32.